The smallest absolute Gasteiger partial charge is 0.244 e. The minimum absolute atomic E-state index is 0.182. The van der Waals surface area contributed by atoms with Crippen molar-refractivity contribution in [3.05, 3.63) is 78.4 Å². The lowest BCUT2D eigenvalue weighted by atomic mass is 10.1. The van der Waals surface area contributed by atoms with Crippen molar-refractivity contribution >= 4 is 12.0 Å². The van der Waals surface area contributed by atoms with E-state index in [4.69, 9.17) is 9.47 Å². The van der Waals surface area contributed by atoms with Crippen LogP contribution in [-0.4, -0.2) is 29.7 Å². The number of benzene rings is 2. The topological polar surface area (TPSA) is 65.4 Å². The monoisotopic (exact) mass is 363 g/mol. The quantitative estimate of drug-likeness (QED) is 0.655. The van der Waals surface area contributed by atoms with Crippen molar-refractivity contribution in [1.82, 2.24) is 14.9 Å². The van der Waals surface area contributed by atoms with Crippen LogP contribution in [0.2, 0.25) is 0 Å². The molecule has 1 N–H and O–H groups in total. The van der Waals surface area contributed by atoms with Gasteiger partial charge in [0.15, 0.2) is 0 Å². The predicted molar refractivity (Wildman–Crippen MR) is 104 cm³/mol. The molecular formula is C21H21N3O3. The summed E-state index contributed by atoms with van der Waals surface area (Å²) in [5.41, 5.74) is 2.67. The number of amides is 1. The summed E-state index contributed by atoms with van der Waals surface area (Å²) in [7, 11) is 3.23. The molecule has 6 heteroatoms. The Kier molecular flexibility index (Phi) is 5.89. The summed E-state index contributed by atoms with van der Waals surface area (Å²) in [6, 6.07) is 13.3. The number of para-hydroxylation sites is 1. The van der Waals surface area contributed by atoms with Gasteiger partial charge in [0.25, 0.3) is 0 Å². The molecule has 0 aliphatic carbocycles. The van der Waals surface area contributed by atoms with Gasteiger partial charge in [-0.15, -0.1) is 0 Å². The first-order valence-electron chi connectivity index (χ1n) is 8.45. The molecule has 0 unspecified atom stereocenters. The molecule has 0 aliphatic rings. The van der Waals surface area contributed by atoms with E-state index in [0.717, 1.165) is 22.6 Å². The van der Waals surface area contributed by atoms with Gasteiger partial charge in [0, 0.05) is 30.6 Å². The molecule has 138 valence electrons. The molecule has 0 spiro atoms. The second-order valence-electron chi connectivity index (χ2n) is 5.76. The normalized spacial score (nSPS) is 10.7. The number of methoxy groups -OCH3 is 2. The molecule has 0 bridgehead atoms. The molecule has 27 heavy (non-hydrogen) atoms. The van der Waals surface area contributed by atoms with Gasteiger partial charge in [-0.05, 0) is 29.8 Å². The Morgan fingerprint density at radius 2 is 1.96 bits per heavy atom. The van der Waals surface area contributed by atoms with E-state index in [1.54, 1.807) is 32.8 Å². The van der Waals surface area contributed by atoms with Gasteiger partial charge >= 0.3 is 0 Å². The highest BCUT2D eigenvalue weighted by atomic mass is 16.5. The molecule has 3 aromatic rings. The fraction of sp³-hybridized carbons (Fsp3) is 0.143. The average molecular weight is 363 g/mol. The first-order chi connectivity index (χ1) is 13.2. The molecule has 0 radical (unpaired) electrons. The van der Waals surface area contributed by atoms with E-state index in [-0.39, 0.29) is 5.91 Å². The summed E-state index contributed by atoms with van der Waals surface area (Å²) in [6.07, 6.45) is 8.51. The summed E-state index contributed by atoms with van der Waals surface area (Å²) in [5, 5.41) is 2.86. The number of hydrogen-bond donors (Lipinski definition) is 1. The van der Waals surface area contributed by atoms with Gasteiger partial charge in [0.2, 0.25) is 5.91 Å². The van der Waals surface area contributed by atoms with Gasteiger partial charge in [-0.3, -0.25) is 4.79 Å². The van der Waals surface area contributed by atoms with Crippen LogP contribution in [0, 0.1) is 0 Å². The molecule has 0 aliphatic heterocycles. The summed E-state index contributed by atoms with van der Waals surface area (Å²) < 4.78 is 12.6. The second kappa shape index (κ2) is 8.71. The minimum atomic E-state index is -0.182. The Morgan fingerprint density at radius 3 is 2.70 bits per heavy atom. The van der Waals surface area contributed by atoms with Gasteiger partial charge in [-0.25, -0.2) is 4.98 Å². The van der Waals surface area contributed by atoms with Gasteiger partial charge < -0.3 is 19.4 Å². The van der Waals surface area contributed by atoms with E-state index in [9.17, 15) is 4.79 Å². The highest BCUT2D eigenvalue weighted by Gasteiger charge is 2.06. The van der Waals surface area contributed by atoms with Crippen molar-refractivity contribution in [1.29, 1.82) is 0 Å². The highest BCUT2D eigenvalue weighted by Crippen LogP contribution is 2.24. The van der Waals surface area contributed by atoms with Crippen LogP contribution >= 0.6 is 0 Å². The number of rotatable bonds is 7. The van der Waals surface area contributed by atoms with E-state index in [0.29, 0.717) is 12.3 Å². The van der Waals surface area contributed by atoms with E-state index in [2.05, 4.69) is 10.3 Å². The fourth-order valence-electron chi connectivity index (χ4n) is 2.67. The summed E-state index contributed by atoms with van der Waals surface area (Å²) in [5.74, 6) is 1.27. The summed E-state index contributed by atoms with van der Waals surface area (Å²) in [4.78, 5) is 16.2. The molecule has 0 saturated carbocycles. The number of carbonyl (C=O) groups excluding carboxylic acids is 1. The van der Waals surface area contributed by atoms with Crippen LogP contribution in [0.15, 0.2) is 67.3 Å². The number of aromatic nitrogens is 2. The van der Waals surface area contributed by atoms with E-state index in [1.165, 1.54) is 6.08 Å². The number of ether oxygens (including phenoxy) is 2. The Morgan fingerprint density at radius 1 is 1.15 bits per heavy atom. The maximum atomic E-state index is 12.1. The Hall–Kier alpha value is -3.54. The maximum Gasteiger partial charge on any atom is 0.244 e. The zero-order valence-corrected chi connectivity index (χ0v) is 15.3. The zero-order valence-electron chi connectivity index (χ0n) is 15.3. The molecule has 6 nitrogen and oxygen atoms in total. The zero-order chi connectivity index (χ0) is 19.1. The lowest BCUT2D eigenvalue weighted by Crippen LogP contribution is -2.20. The number of imidazole rings is 1. The first kappa shape index (κ1) is 18.3. The second-order valence-corrected chi connectivity index (χ2v) is 5.76. The number of carbonyl (C=O) groups is 1. The number of nitrogens with zero attached hydrogens (tertiary/aromatic N) is 2. The SMILES string of the molecule is COc1ccccc1CNC(=O)/C=C/c1ccc(-n2ccnc2)c(OC)c1. The number of nitrogens with one attached hydrogen (secondary N) is 1. The minimum Gasteiger partial charge on any atom is -0.496 e. The van der Waals surface area contributed by atoms with Gasteiger partial charge in [0.05, 0.1) is 26.2 Å². The molecule has 0 fully saturated rings. The third-order valence-corrected chi connectivity index (χ3v) is 4.06. The standard InChI is InChI=1S/C21H21N3O3/c1-26-19-6-4-3-5-17(19)14-23-21(25)10-8-16-7-9-18(20(13-16)27-2)24-12-11-22-15-24/h3-13,15H,14H2,1-2H3,(H,23,25)/b10-8+. The van der Waals surface area contributed by atoms with Crippen molar-refractivity contribution in [3.63, 3.8) is 0 Å². The molecule has 1 amide bonds. The van der Waals surface area contributed by atoms with Crippen LogP contribution in [-0.2, 0) is 11.3 Å². The first-order valence-corrected chi connectivity index (χ1v) is 8.45. The third kappa shape index (κ3) is 4.55. The highest BCUT2D eigenvalue weighted by molar-refractivity contribution is 5.91. The van der Waals surface area contributed by atoms with Crippen molar-refractivity contribution in [2.45, 2.75) is 6.54 Å². The van der Waals surface area contributed by atoms with Crippen LogP contribution in [0.5, 0.6) is 11.5 Å². The van der Waals surface area contributed by atoms with Crippen LogP contribution in [0.1, 0.15) is 11.1 Å². The molecular weight excluding hydrogens is 342 g/mol. The molecule has 1 heterocycles. The van der Waals surface area contributed by atoms with E-state index >= 15 is 0 Å². The largest absolute Gasteiger partial charge is 0.496 e. The van der Waals surface area contributed by atoms with Gasteiger partial charge in [-0.1, -0.05) is 24.3 Å². The van der Waals surface area contributed by atoms with Gasteiger partial charge in [-0.2, -0.15) is 0 Å². The molecule has 0 saturated heterocycles. The van der Waals surface area contributed by atoms with Crippen molar-refractivity contribution in [2.75, 3.05) is 14.2 Å². The van der Waals surface area contributed by atoms with Crippen molar-refractivity contribution in [2.24, 2.45) is 0 Å². The van der Waals surface area contributed by atoms with Gasteiger partial charge in [0.1, 0.15) is 11.5 Å². The molecule has 2 aromatic carbocycles. The summed E-state index contributed by atoms with van der Waals surface area (Å²) in [6.45, 7) is 0.399. The lowest BCUT2D eigenvalue weighted by molar-refractivity contribution is -0.116. The maximum absolute atomic E-state index is 12.1. The fourth-order valence-corrected chi connectivity index (χ4v) is 2.67. The van der Waals surface area contributed by atoms with Crippen LogP contribution in [0.25, 0.3) is 11.8 Å². The van der Waals surface area contributed by atoms with Crippen molar-refractivity contribution < 1.29 is 14.3 Å². The van der Waals surface area contributed by atoms with E-state index < -0.39 is 0 Å². The van der Waals surface area contributed by atoms with Crippen molar-refractivity contribution in [3.8, 4) is 17.2 Å². The number of hydrogen-bond acceptors (Lipinski definition) is 4. The van der Waals surface area contributed by atoms with Crippen LogP contribution in [0.4, 0.5) is 0 Å². The summed E-state index contributed by atoms with van der Waals surface area (Å²) >= 11 is 0. The average Bonchev–Trinajstić information content (AvgIpc) is 3.25. The Balaban J connectivity index is 1.66. The molecule has 0 atom stereocenters. The molecule has 3 rings (SSSR count). The predicted octanol–water partition coefficient (Wildman–Crippen LogP) is 3.22. The van der Waals surface area contributed by atoms with Crippen LogP contribution < -0.4 is 14.8 Å². The Labute approximate surface area is 158 Å². The van der Waals surface area contributed by atoms with E-state index in [1.807, 2.05) is 53.2 Å². The molecule has 1 aromatic heterocycles. The Bertz CT molecular complexity index is 934. The van der Waals surface area contributed by atoms with Crippen LogP contribution in [0.3, 0.4) is 0 Å². The third-order valence-electron chi connectivity index (χ3n) is 4.06. The lowest BCUT2D eigenvalue weighted by Gasteiger charge is -2.10.